The summed E-state index contributed by atoms with van der Waals surface area (Å²) < 4.78 is 0. The van der Waals surface area contributed by atoms with Crippen molar-refractivity contribution in [3.8, 4) is 0 Å². The molecule has 0 aromatic heterocycles. The maximum absolute atomic E-state index is 11.8. The van der Waals surface area contributed by atoms with Crippen LogP contribution in [0, 0.1) is 5.41 Å². The Balaban J connectivity index is 2.23. The first kappa shape index (κ1) is 11.0. The quantitative estimate of drug-likeness (QED) is 0.615. The van der Waals surface area contributed by atoms with Gasteiger partial charge in [-0.25, -0.2) is 0 Å². The third-order valence-electron chi connectivity index (χ3n) is 2.41. The van der Waals surface area contributed by atoms with E-state index in [0.29, 0.717) is 18.7 Å². The van der Waals surface area contributed by atoms with Crippen molar-refractivity contribution in [2.45, 2.75) is 11.3 Å². The molecule has 0 unspecified atom stereocenters. The number of para-hydroxylation sites is 1. The van der Waals surface area contributed by atoms with Crippen LogP contribution in [0.1, 0.15) is 6.42 Å². The second-order valence-corrected chi connectivity index (χ2v) is 4.59. The topological polar surface area (TPSA) is 70.2 Å². The number of carbonyl (C=O) groups excluding carboxylic acids is 1. The smallest absolute Gasteiger partial charge is 0.237 e. The molecule has 0 bridgehead atoms. The lowest BCUT2D eigenvalue weighted by Crippen LogP contribution is -2.37. The van der Waals surface area contributed by atoms with E-state index >= 15 is 0 Å². The average molecular weight is 235 g/mol. The Morgan fingerprint density at radius 3 is 3.00 bits per heavy atom. The molecule has 1 heterocycles. The molecule has 1 aliphatic rings. The van der Waals surface area contributed by atoms with Crippen LogP contribution in [0.2, 0.25) is 0 Å². The van der Waals surface area contributed by atoms with Crippen molar-refractivity contribution in [1.29, 1.82) is 5.41 Å². The van der Waals surface area contributed by atoms with Gasteiger partial charge >= 0.3 is 0 Å². The Morgan fingerprint density at radius 1 is 1.50 bits per heavy atom. The number of amidine groups is 1. The van der Waals surface area contributed by atoms with E-state index in [4.69, 9.17) is 11.1 Å². The Morgan fingerprint density at radius 2 is 2.25 bits per heavy atom. The molecule has 3 N–H and O–H groups in total. The van der Waals surface area contributed by atoms with Gasteiger partial charge in [-0.05, 0) is 12.1 Å². The van der Waals surface area contributed by atoms with E-state index in [1.54, 1.807) is 16.7 Å². The molecule has 4 nitrogen and oxygen atoms in total. The van der Waals surface area contributed by atoms with Gasteiger partial charge in [0.25, 0.3) is 0 Å². The highest BCUT2D eigenvalue weighted by Gasteiger charge is 2.23. The van der Waals surface area contributed by atoms with Crippen molar-refractivity contribution < 1.29 is 4.79 Å². The molecule has 1 aromatic carbocycles. The van der Waals surface area contributed by atoms with Gasteiger partial charge in [-0.2, -0.15) is 0 Å². The molecule has 84 valence electrons. The lowest BCUT2D eigenvalue weighted by molar-refractivity contribution is -0.116. The zero-order chi connectivity index (χ0) is 11.5. The van der Waals surface area contributed by atoms with Crippen molar-refractivity contribution in [3.63, 3.8) is 0 Å². The Kier molecular flexibility index (Phi) is 3.14. The minimum Gasteiger partial charge on any atom is -0.388 e. The summed E-state index contributed by atoms with van der Waals surface area (Å²) in [5.41, 5.74) is 6.25. The fourth-order valence-electron chi connectivity index (χ4n) is 1.63. The van der Waals surface area contributed by atoms with E-state index in [1.165, 1.54) is 0 Å². The Hall–Kier alpha value is -1.49. The maximum Gasteiger partial charge on any atom is 0.237 e. The number of benzene rings is 1. The predicted molar refractivity (Wildman–Crippen MR) is 66.1 cm³/mol. The van der Waals surface area contributed by atoms with E-state index in [2.05, 4.69) is 0 Å². The third kappa shape index (κ3) is 2.19. The zero-order valence-electron chi connectivity index (χ0n) is 8.77. The number of hydrogen-bond acceptors (Lipinski definition) is 3. The van der Waals surface area contributed by atoms with Gasteiger partial charge in [0.1, 0.15) is 0 Å². The van der Waals surface area contributed by atoms with Gasteiger partial charge in [-0.15, -0.1) is 11.8 Å². The number of hydrogen-bond donors (Lipinski definition) is 2. The number of nitrogens with one attached hydrogen (secondary N) is 1. The first-order valence-electron chi connectivity index (χ1n) is 5.03. The molecule has 0 atom stereocenters. The van der Waals surface area contributed by atoms with Crippen molar-refractivity contribution >= 4 is 29.2 Å². The Labute approximate surface area is 98.3 Å². The van der Waals surface area contributed by atoms with Crippen molar-refractivity contribution in [3.05, 3.63) is 24.3 Å². The Bertz CT molecular complexity index is 433. The SMILES string of the molecule is N=C(N)CCN1C(=O)CSc2ccccc21. The number of nitrogens with two attached hydrogens (primary N) is 1. The first-order valence-corrected chi connectivity index (χ1v) is 6.02. The summed E-state index contributed by atoms with van der Waals surface area (Å²) in [4.78, 5) is 14.6. The summed E-state index contributed by atoms with van der Waals surface area (Å²) in [6.07, 6.45) is 0.421. The average Bonchev–Trinajstić information content (AvgIpc) is 2.27. The van der Waals surface area contributed by atoms with Crippen LogP contribution >= 0.6 is 11.8 Å². The second-order valence-electron chi connectivity index (χ2n) is 3.58. The summed E-state index contributed by atoms with van der Waals surface area (Å²) >= 11 is 1.56. The molecule has 1 aromatic rings. The van der Waals surface area contributed by atoms with E-state index in [0.717, 1.165) is 10.6 Å². The van der Waals surface area contributed by atoms with Gasteiger partial charge in [0.05, 0.1) is 17.3 Å². The van der Waals surface area contributed by atoms with Crippen molar-refractivity contribution in [1.82, 2.24) is 0 Å². The first-order chi connectivity index (χ1) is 7.68. The molecule has 0 radical (unpaired) electrons. The number of nitrogens with zero attached hydrogens (tertiary/aromatic N) is 1. The summed E-state index contributed by atoms with van der Waals surface area (Å²) in [5.74, 6) is 0.669. The largest absolute Gasteiger partial charge is 0.388 e. The number of anilines is 1. The van der Waals surface area contributed by atoms with Gasteiger partial charge in [0.15, 0.2) is 0 Å². The molecular formula is C11H13N3OS. The van der Waals surface area contributed by atoms with Crippen molar-refractivity contribution in [2.75, 3.05) is 17.2 Å². The lowest BCUT2D eigenvalue weighted by atomic mass is 10.2. The fourth-order valence-corrected chi connectivity index (χ4v) is 2.57. The molecule has 1 aliphatic heterocycles. The van der Waals surface area contributed by atoms with E-state index in [-0.39, 0.29) is 11.7 Å². The van der Waals surface area contributed by atoms with Gasteiger partial charge in [-0.3, -0.25) is 10.2 Å². The van der Waals surface area contributed by atoms with Crippen molar-refractivity contribution in [2.24, 2.45) is 5.73 Å². The van der Waals surface area contributed by atoms with E-state index in [1.807, 2.05) is 24.3 Å². The van der Waals surface area contributed by atoms with Crippen LogP contribution < -0.4 is 10.6 Å². The molecule has 0 aliphatic carbocycles. The van der Waals surface area contributed by atoms with Crippen LogP contribution in [0.25, 0.3) is 0 Å². The highest BCUT2D eigenvalue weighted by atomic mass is 32.2. The molecule has 0 saturated heterocycles. The highest BCUT2D eigenvalue weighted by Crippen LogP contribution is 2.34. The minimum atomic E-state index is 0.0879. The molecule has 0 spiro atoms. The summed E-state index contributed by atoms with van der Waals surface area (Å²) in [6, 6.07) is 7.82. The lowest BCUT2D eigenvalue weighted by Gasteiger charge is -2.28. The van der Waals surface area contributed by atoms with Crippen LogP contribution in [0.5, 0.6) is 0 Å². The third-order valence-corrected chi connectivity index (χ3v) is 3.46. The van der Waals surface area contributed by atoms with Gasteiger partial charge in [0, 0.05) is 17.9 Å². The number of thioether (sulfide) groups is 1. The molecule has 0 saturated carbocycles. The molecule has 0 fully saturated rings. The molecule has 5 heteroatoms. The standard InChI is InChI=1S/C11H13N3OS/c12-10(13)5-6-14-8-3-1-2-4-9(8)16-7-11(14)15/h1-4H,5-7H2,(H3,12,13). The minimum absolute atomic E-state index is 0.0879. The number of carbonyl (C=O) groups is 1. The van der Waals surface area contributed by atoms with Gasteiger partial charge in [0.2, 0.25) is 5.91 Å². The van der Waals surface area contributed by atoms with Gasteiger partial charge in [-0.1, -0.05) is 12.1 Å². The summed E-state index contributed by atoms with van der Waals surface area (Å²) in [6.45, 7) is 0.492. The molecule has 2 rings (SSSR count). The van der Waals surface area contributed by atoms with E-state index < -0.39 is 0 Å². The highest BCUT2D eigenvalue weighted by molar-refractivity contribution is 8.00. The van der Waals surface area contributed by atoms with Crippen LogP contribution in [0.4, 0.5) is 5.69 Å². The fraction of sp³-hybridized carbons (Fsp3) is 0.273. The zero-order valence-corrected chi connectivity index (χ0v) is 9.59. The predicted octanol–water partition coefficient (Wildman–Crippen LogP) is 1.45. The molecule has 1 amide bonds. The molecule has 16 heavy (non-hydrogen) atoms. The van der Waals surface area contributed by atoms with Crippen LogP contribution in [0.15, 0.2) is 29.2 Å². The normalized spacial score (nSPS) is 14.8. The summed E-state index contributed by atoms with van der Waals surface area (Å²) in [5, 5.41) is 7.20. The van der Waals surface area contributed by atoms with Crippen LogP contribution in [0.3, 0.4) is 0 Å². The monoisotopic (exact) mass is 235 g/mol. The second kappa shape index (κ2) is 4.57. The maximum atomic E-state index is 11.8. The summed E-state index contributed by atoms with van der Waals surface area (Å²) in [7, 11) is 0. The van der Waals surface area contributed by atoms with Crippen LogP contribution in [-0.2, 0) is 4.79 Å². The van der Waals surface area contributed by atoms with E-state index in [9.17, 15) is 4.79 Å². The van der Waals surface area contributed by atoms with Crippen LogP contribution in [-0.4, -0.2) is 24.0 Å². The molecular weight excluding hydrogens is 222 g/mol. The number of fused-ring (bicyclic) bond motifs is 1. The van der Waals surface area contributed by atoms with Gasteiger partial charge < -0.3 is 10.6 Å². The number of rotatable bonds is 3. The number of amides is 1.